The van der Waals surface area contributed by atoms with Crippen LogP contribution in [0.2, 0.25) is 0 Å². The summed E-state index contributed by atoms with van der Waals surface area (Å²) in [6.07, 6.45) is 6.55. The predicted octanol–water partition coefficient (Wildman–Crippen LogP) is 15.7. The number of dihydropyridines is 1. The largest absolute Gasteiger partial charge is 0.359 e. The lowest BCUT2D eigenvalue weighted by Gasteiger charge is -2.24. The SMILES string of the molecule is C1=CC(c2cc(-c3ccccc3)cc(-c3ccccc3)n2)NC(n2c3ccccc3c3ccc4c5ccccc5n(-c5cccc(-c6cc(-c7ccccc7)cc(-c7ccccc7)n6)n5)c4c32)=C1.I. The molecule has 0 fully saturated rings. The molecule has 7 heteroatoms. The van der Waals surface area contributed by atoms with Crippen molar-refractivity contribution in [2.24, 2.45) is 0 Å². The molecule has 6 heterocycles. The van der Waals surface area contributed by atoms with Gasteiger partial charge in [-0.2, -0.15) is 0 Å². The Balaban J connectivity index is 0.00000492. The highest BCUT2D eigenvalue weighted by Gasteiger charge is 2.25. The van der Waals surface area contributed by atoms with Gasteiger partial charge in [0.15, 0.2) is 0 Å². The van der Waals surface area contributed by atoms with Crippen molar-refractivity contribution in [1.29, 1.82) is 0 Å². The van der Waals surface area contributed by atoms with E-state index in [0.717, 1.165) is 112 Å². The second kappa shape index (κ2) is 17.7. The standard InChI is InChI=1S/C62H42N6.HI/c1-5-19-41(20-6-1)45-37-53(43-23-9-3-10-24-43)63-55(39-45)51-29-17-33-59(65-51)67-57-31-15-13-27-47(57)49-35-36-50-48-28-14-16-32-58(48)68(62(50)61(49)67)60-34-18-30-52(66-60)56-40-46(42-21-7-2-8-22-42)38-54(64-56)44-25-11-4-12-26-44;/h1-40,51,65H;1H. The third-order valence-corrected chi connectivity index (χ3v) is 13.1. The van der Waals surface area contributed by atoms with Crippen molar-refractivity contribution >= 4 is 73.4 Å². The van der Waals surface area contributed by atoms with E-state index in [-0.39, 0.29) is 30.0 Å². The molecule has 0 spiro atoms. The Hall–Kier alpha value is -8.40. The van der Waals surface area contributed by atoms with Crippen molar-refractivity contribution < 1.29 is 0 Å². The Morgan fingerprint density at radius 3 is 1.46 bits per heavy atom. The fraction of sp³-hybridized carbons (Fsp3) is 0.0161. The van der Waals surface area contributed by atoms with Gasteiger partial charge < -0.3 is 5.32 Å². The first kappa shape index (κ1) is 42.0. The quantitative estimate of drug-likeness (QED) is 0.154. The second-order valence-electron chi connectivity index (χ2n) is 17.3. The molecular formula is C62H43IN6. The van der Waals surface area contributed by atoms with Gasteiger partial charge in [0.25, 0.3) is 0 Å². The van der Waals surface area contributed by atoms with Crippen LogP contribution in [-0.4, -0.2) is 24.1 Å². The lowest BCUT2D eigenvalue weighted by atomic mass is 9.99. The number of pyridine rings is 3. The van der Waals surface area contributed by atoms with E-state index in [4.69, 9.17) is 15.0 Å². The van der Waals surface area contributed by atoms with Crippen molar-refractivity contribution in [1.82, 2.24) is 29.4 Å². The summed E-state index contributed by atoms with van der Waals surface area (Å²) in [5.74, 6) is 1.77. The number of benzene rings is 7. The molecule has 0 bridgehead atoms. The first-order chi connectivity index (χ1) is 33.7. The van der Waals surface area contributed by atoms with E-state index in [1.54, 1.807) is 0 Å². The fourth-order valence-electron chi connectivity index (χ4n) is 9.99. The fourth-order valence-corrected chi connectivity index (χ4v) is 9.99. The lowest BCUT2D eigenvalue weighted by molar-refractivity contribution is 0.714. The van der Waals surface area contributed by atoms with E-state index in [1.165, 1.54) is 5.39 Å². The summed E-state index contributed by atoms with van der Waals surface area (Å²) in [7, 11) is 0. The van der Waals surface area contributed by atoms with Crippen LogP contribution in [-0.2, 0) is 0 Å². The summed E-state index contributed by atoms with van der Waals surface area (Å²) < 4.78 is 4.75. The molecule has 6 nitrogen and oxygen atoms in total. The highest BCUT2D eigenvalue weighted by Crippen LogP contribution is 2.42. The van der Waals surface area contributed by atoms with Crippen LogP contribution in [0, 0.1) is 0 Å². The topological polar surface area (TPSA) is 60.6 Å². The van der Waals surface area contributed by atoms with Gasteiger partial charge in [-0.25, -0.2) is 9.97 Å². The first-order valence-electron chi connectivity index (χ1n) is 23.1. The summed E-state index contributed by atoms with van der Waals surface area (Å²) in [5, 5.41) is 8.61. The molecule has 0 saturated heterocycles. The minimum atomic E-state index is -0.208. The van der Waals surface area contributed by atoms with Gasteiger partial charge in [0.05, 0.1) is 56.6 Å². The molecule has 1 atom stereocenters. The number of aromatic nitrogens is 5. The summed E-state index contributed by atoms with van der Waals surface area (Å²) in [6.45, 7) is 0. The molecule has 328 valence electrons. The van der Waals surface area contributed by atoms with Crippen LogP contribution in [0.5, 0.6) is 0 Å². The van der Waals surface area contributed by atoms with Gasteiger partial charge in [0.2, 0.25) is 0 Å². The molecule has 5 aromatic heterocycles. The van der Waals surface area contributed by atoms with E-state index in [0.29, 0.717) is 0 Å². The maximum Gasteiger partial charge on any atom is 0.138 e. The molecular weight excluding hydrogens is 956 g/mol. The minimum Gasteiger partial charge on any atom is -0.359 e. The van der Waals surface area contributed by atoms with Gasteiger partial charge in [-0.1, -0.05) is 188 Å². The molecule has 0 radical (unpaired) electrons. The first-order valence-corrected chi connectivity index (χ1v) is 23.1. The van der Waals surface area contributed by atoms with E-state index >= 15 is 0 Å². The Morgan fingerprint density at radius 2 is 0.855 bits per heavy atom. The maximum atomic E-state index is 5.52. The van der Waals surface area contributed by atoms with E-state index < -0.39 is 0 Å². The van der Waals surface area contributed by atoms with Crippen LogP contribution in [0.15, 0.2) is 243 Å². The molecule has 69 heavy (non-hydrogen) atoms. The molecule has 7 aromatic carbocycles. The van der Waals surface area contributed by atoms with Crippen LogP contribution < -0.4 is 5.32 Å². The number of hydrogen-bond acceptors (Lipinski definition) is 4. The minimum absolute atomic E-state index is 0. The average molecular weight is 999 g/mol. The molecule has 1 unspecified atom stereocenters. The molecule has 0 amide bonds. The van der Waals surface area contributed by atoms with Crippen molar-refractivity contribution in [3.63, 3.8) is 0 Å². The Kier molecular flexibility index (Phi) is 10.8. The third-order valence-electron chi connectivity index (χ3n) is 13.1. The van der Waals surface area contributed by atoms with Crippen molar-refractivity contribution in [3.8, 4) is 62.0 Å². The van der Waals surface area contributed by atoms with Crippen LogP contribution in [0.25, 0.3) is 111 Å². The van der Waals surface area contributed by atoms with Crippen LogP contribution in [0.4, 0.5) is 0 Å². The van der Waals surface area contributed by atoms with Gasteiger partial charge in [-0.3, -0.25) is 14.1 Å². The number of halogens is 1. The van der Waals surface area contributed by atoms with Gasteiger partial charge in [0, 0.05) is 32.7 Å². The smallest absolute Gasteiger partial charge is 0.138 e. The van der Waals surface area contributed by atoms with E-state index in [1.807, 2.05) is 12.1 Å². The van der Waals surface area contributed by atoms with Gasteiger partial charge in [-0.15, -0.1) is 24.0 Å². The summed E-state index contributed by atoms with van der Waals surface area (Å²) in [5.41, 5.74) is 15.3. The van der Waals surface area contributed by atoms with Crippen molar-refractivity contribution in [3.05, 3.63) is 248 Å². The van der Waals surface area contributed by atoms with Crippen LogP contribution in [0.1, 0.15) is 11.7 Å². The van der Waals surface area contributed by atoms with Gasteiger partial charge in [0.1, 0.15) is 11.6 Å². The summed E-state index contributed by atoms with van der Waals surface area (Å²) in [6, 6.07) is 78.7. The number of rotatable bonds is 8. The molecule has 1 N–H and O–H groups in total. The predicted molar refractivity (Wildman–Crippen MR) is 295 cm³/mol. The lowest BCUT2D eigenvalue weighted by Crippen LogP contribution is -2.24. The number of nitrogens with zero attached hydrogens (tertiary/aromatic N) is 5. The van der Waals surface area contributed by atoms with Gasteiger partial charge in [-0.05, 0) is 76.9 Å². The third kappa shape index (κ3) is 7.48. The highest BCUT2D eigenvalue weighted by molar-refractivity contribution is 14.0. The summed E-state index contributed by atoms with van der Waals surface area (Å²) in [4.78, 5) is 16.1. The molecule has 12 aromatic rings. The van der Waals surface area contributed by atoms with Crippen LogP contribution in [0.3, 0.4) is 0 Å². The molecule has 13 rings (SSSR count). The number of fused-ring (bicyclic) bond motifs is 7. The van der Waals surface area contributed by atoms with Crippen molar-refractivity contribution in [2.45, 2.75) is 6.04 Å². The monoisotopic (exact) mass is 998 g/mol. The zero-order valence-electron chi connectivity index (χ0n) is 37.3. The molecule has 0 saturated carbocycles. The number of para-hydroxylation sites is 2. The molecule has 1 aliphatic rings. The Morgan fingerprint density at radius 1 is 0.362 bits per heavy atom. The number of nitrogens with one attached hydrogen (secondary N) is 1. The summed E-state index contributed by atoms with van der Waals surface area (Å²) >= 11 is 0. The average Bonchev–Trinajstić information content (AvgIpc) is 3.95. The number of allylic oxidation sites excluding steroid dienone is 2. The second-order valence-corrected chi connectivity index (χ2v) is 17.3. The van der Waals surface area contributed by atoms with Gasteiger partial charge >= 0.3 is 0 Å². The van der Waals surface area contributed by atoms with Crippen molar-refractivity contribution in [2.75, 3.05) is 0 Å². The zero-order chi connectivity index (χ0) is 45.0. The number of hydrogen-bond donors (Lipinski definition) is 1. The van der Waals surface area contributed by atoms with E-state index in [9.17, 15) is 0 Å². The Bertz CT molecular complexity index is 3820. The molecule has 0 aliphatic carbocycles. The molecule has 1 aliphatic heterocycles. The Labute approximate surface area is 416 Å². The van der Waals surface area contributed by atoms with Crippen LogP contribution >= 0.6 is 24.0 Å². The zero-order valence-corrected chi connectivity index (χ0v) is 39.6. The van der Waals surface area contributed by atoms with E-state index in [2.05, 4.69) is 245 Å². The maximum absolute atomic E-state index is 5.52. The normalized spacial score (nSPS) is 13.4. The highest BCUT2D eigenvalue weighted by atomic mass is 127.